The first-order chi connectivity index (χ1) is 10.0. The number of amides is 1. The maximum atomic E-state index is 12.5. The molecule has 1 aromatic rings. The van der Waals surface area contributed by atoms with Crippen LogP contribution in [0.3, 0.4) is 0 Å². The van der Waals surface area contributed by atoms with Crippen molar-refractivity contribution in [3.05, 3.63) is 35.9 Å². The van der Waals surface area contributed by atoms with Crippen LogP contribution in [-0.2, 0) is 9.59 Å². The van der Waals surface area contributed by atoms with Gasteiger partial charge in [0.25, 0.3) is 0 Å². The van der Waals surface area contributed by atoms with Crippen molar-refractivity contribution >= 4 is 11.9 Å². The van der Waals surface area contributed by atoms with E-state index in [1.807, 2.05) is 37.3 Å². The largest absolute Gasteiger partial charge is 0.481 e. The molecule has 5 nitrogen and oxygen atoms in total. The third-order valence-corrected chi connectivity index (χ3v) is 4.19. The molecular weight excluding hydrogens is 268 g/mol. The summed E-state index contributed by atoms with van der Waals surface area (Å²) in [5.74, 6) is -1.70. The average Bonchev–Trinajstić information content (AvgIpc) is 2.53. The number of nitrogens with zero attached hydrogens (tertiary/aromatic N) is 1. The Morgan fingerprint density at radius 3 is 2.62 bits per heavy atom. The fraction of sp³-hybridized carbons (Fsp3) is 0.500. The number of carboxylic acid groups (broad SMARTS) is 1. The van der Waals surface area contributed by atoms with Gasteiger partial charge in [0.15, 0.2) is 0 Å². The molecule has 0 aromatic heterocycles. The highest BCUT2D eigenvalue weighted by Crippen LogP contribution is 2.24. The van der Waals surface area contributed by atoms with E-state index >= 15 is 0 Å². The molecule has 1 amide bonds. The van der Waals surface area contributed by atoms with Crippen LogP contribution in [0.25, 0.3) is 0 Å². The maximum absolute atomic E-state index is 12.5. The first-order valence-electron chi connectivity index (χ1n) is 7.33. The highest BCUT2D eigenvalue weighted by atomic mass is 16.4. The molecule has 3 atom stereocenters. The summed E-state index contributed by atoms with van der Waals surface area (Å²) in [5, 5.41) is 9.10. The molecule has 1 heterocycles. The van der Waals surface area contributed by atoms with Crippen molar-refractivity contribution in [1.29, 1.82) is 0 Å². The molecular formula is C16H22N2O3. The minimum atomic E-state index is -0.826. The van der Waals surface area contributed by atoms with Gasteiger partial charge in [-0.2, -0.15) is 0 Å². The van der Waals surface area contributed by atoms with Gasteiger partial charge in [0.05, 0.1) is 11.8 Å². The van der Waals surface area contributed by atoms with Gasteiger partial charge < -0.3 is 15.7 Å². The Bertz CT molecular complexity index is 504. The van der Waals surface area contributed by atoms with E-state index < -0.39 is 11.9 Å². The molecule has 1 saturated heterocycles. The zero-order valence-electron chi connectivity index (χ0n) is 12.2. The predicted molar refractivity (Wildman–Crippen MR) is 79.5 cm³/mol. The van der Waals surface area contributed by atoms with Gasteiger partial charge in [0.2, 0.25) is 5.91 Å². The van der Waals surface area contributed by atoms with E-state index in [9.17, 15) is 9.59 Å². The number of nitrogens with two attached hydrogens (primary N) is 1. The number of aliphatic carboxylic acids is 1. The molecule has 1 aliphatic rings. The quantitative estimate of drug-likeness (QED) is 0.883. The first kappa shape index (κ1) is 15.5. The summed E-state index contributed by atoms with van der Waals surface area (Å²) >= 11 is 0. The van der Waals surface area contributed by atoms with Crippen molar-refractivity contribution in [3.8, 4) is 0 Å². The zero-order valence-corrected chi connectivity index (χ0v) is 12.2. The Balaban J connectivity index is 2.03. The Hall–Kier alpha value is -1.88. The number of carbonyl (C=O) groups is 2. The van der Waals surface area contributed by atoms with Gasteiger partial charge in [0, 0.05) is 19.1 Å². The van der Waals surface area contributed by atoms with Gasteiger partial charge in [-0.25, -0.2) is 0 Å². The summed E-state index contributed by atoms with van der Waals surface area (Å²) in [4.78, 5) is 25.3. The van der Waals surface area contributed by atoms with E-state index in [1.54, 1.807) is 4.90 Å². The monoisotopic (exact) mass is 290 g/mol. The molecule has 3 unspecified atom stereocenters. The topological polar surface area (TPSA) is 83.6 Å². The molecule has 1 fully saturated rings. The summed E-state index contributed by atoms with van der Waals surface area (Å²) in [6.45, 7) is 2.72. The molecule has 2 rings (SSSR count). The molecule has 21 heavy (non-hydrogen) atoms. The molecule has 3 N–H and O–H groups in total. The van der Waals surface area contributed by atoms with Crippen molar-refractivity contribution in [1.82, 2.24) is 4.90 Å². The molecule has 0 bridgehead atoms. The summed E-state index contributed by atoms with van der Waals surface area (Å²) in [6.07, 6.45) is 1.37. The van der Waals surface area contributed by atoms with Gasteiger partial charge >= 0.3 is 5.97 Å². The van der Waals surface area contributed by atoms with Crippen molar-refractivity contribution in [2.75, 3.05) is 13.1 Å². The maximum Gasteiger partial charge on any atom is 0.308 e. The van der Waals surface area contributed by atoms with E-state index in [0.717, 1.165) is 12.0 Å². The summed E-state index contributed by atoms with van der Waals surface area (Å²) < 4.78 is 0. The van der Waals surface area contributed by atoms with Crippen molar-refractivity contribution in [2.45, 2.75) is 25.8 Å². The smallest absolute Gasteiger partial charge is 0.308 e. The highest BCUT2D eigenvalue weighted by Gasteiger charge is 2.32. The molecule has 114 valence electrons. The average molecular weight is 290 g/mol. The van der Waals surface area contributed by atoms with Gasteiger partial charge in [-0.1, -0.05) is 37.3 Å². The first-order valence-corrected chi connectivity index (χ1v) is 7.33. The summed E-state index contributed by atoms with van der Waals surface area (Å²) in [5.41, 5.74) is 7.10. The van der Waals surface area contributed by atoms with Crippen LogP contribution in [0, 0.1) is 11.8 Å². The second-order valence-corrected chi connectivity index (χ2v) is 5.69. The van der Waals surface area contributed by atoms with Crippen molar-refractivity contribution < 1.29 is 14.7 Å². The molecule has 1 aromatic carbocycles. The van der Waals surface area contributed by atoms with E-state index in [1.165, 1.54) is 0 Å². The highest BCUT2D eigenvalue weighted by molar-refractivity contribution is 5.80. The lowest BCUT2D eigenvalue weighted by Crippen LogP contribution is -2.46. The molecule has 0 aliphatic carbocycles. The molecule has 0 radical (unpaired) electrons. The van der Waals surface area contributed by atoms with Crippen molar-refractivity contribution in [3.63, 3.8) is 0 Å². The zero-order chi connectivity index (χ0) is 15.4. The second-order valence-electron chi connectivity index (χ2n) is 5.69. The molecule has 0 spiro atoms. The number of rotatable bonds is 4. The number of carbonyl (C=O) groups excluding carboxylic acids is 1. The number of likely N-dealkylation sites (tertiary alicyclic amines) is 1. The van der Waals surface area contributed by atoms with Gasteiger partial charge in [-0.15, -0.1) is 0 Å². The lowest BCUT2D eigenvalue weighted by atomic mass is 9.92. The lowest BCUT2D eigenvalue weighted by molar-refractivity contribution is -0.146. The molecule has 0 saturated carbocycles. The standard InChI is InChI=1S/C16H22N2O3/c1-11(14(17)12-6-3-2-4-7-12)15(19)18-9-5-8-13(10-18)16(20)21/h2-4,6-7,11,13-14H,5,8-10,17H2,1H3,(H,20,21). The van der Waals surface area contributed by atoms with E-state index in [4.69, 9.17) is 10.8 Å². The third kappa shape index (κ3) is 3.61. The van der Waals surface area contributed by atoms with Crippen LogP contribution >= 0.6 is 0 Å². The third-order valence-electron chi connectivity index (χ3n) is 4.19. The number of benzene rings is 1. The van der Waals surface area contributed by atoms with Crippen LogP contribution in [-0.4, -0.2) is 35.0 Å². The van der Waals surface area contributed by atoms with Crippen LogP contribution in [0.5, 0.6) is 0 Å². The fourth-order valence-corrected chi connectivity index (χ4v) is 2.78. The van der Waals surface area contributed by atoms with E-state index in [-0.39, 0.29) is 17.9 Å². The van der Waals surface area contributed by atoms with Gasteiger partial charge in [-0.3, -0.25) is 9.59 Å². The minimum Gasteiger partial charge on any atom is -0.481 e. The Morgan fingerprint density at radius 1 is 1.33 bits per heavy atom. The Morgan fingerprint density at radius 2 is 2.00 bits per heavy atom. The number of piperidine rings is 1. The lowest BCUT2D eigenvalue weighted by Gasteiger charge is -2.34. The Kier molecular flexibility index (Phi) is 4.96. The SMILES string of the molecule is CC(C(=O)N1CCCC(C(=O)O)C1)C(N)c1ccccc1. The van der Waals surface area contributed by atoms with E-state index in [0.29, 0.717) is 19.5 Å². The minimum absolute atomic E-state index is 0.0581. The van der Waals surface area contributed by atoms with Gasteiger partial charge in [-0.05, 0) is 18.4 Å². The van der Waals surface area contributed by atoms with Crippen LogP contribution in [0.2, 0.25) is 0 Å². The van der Waals surface area contributed by atoms with Crippen molar-refractivity contribution in [2.24, 2.45) is 17.6 Å². The van der Waals surface area contributed by atoms with Crippen LogP contribution in [0.1, 0.15) is 31.4 Å². The Labute approximate surface area is 124 Å². The predicted octanol–water partition coefficient (Wildman–Crippen LogP) is 1.65. The normalized spacial score (nSPS) is 21.6. The molecule has 1 aliphatic heterocycles. The number of hydrogen-bond donors (Lipinski definition) is 2. The summed E-state index contributed by atoms with van der Waals surface area (Å²) in [7, 11) is 0. The van der Waals surface area contributed by atoms with Crippen LogP contribution in [0.4, 0.5) is 0 Å². The fourth-order valence-electron chi connectivity index (χ4n) is 2.78. The second kappa shape index (κ2) is 6.72. The van der Waals surface area contributed by atoms with Crippen LogP contribution in [0.15, 0.2) is 30.3 Å². The molecule has 5 heteroatoms. The van der Waals surface area contributed by atoms with Gasteiger partial charge in [0.1, 0.15) is 0 Å². The summed E-state index contributed by atoms with van der Waals surface area (Å²) in [6, 6.07) is 9.14. The van der Waals surface area contributed by atoms with E-state index in [2.05, 4.69) is 0 Å². The number of carboxylic acids is 1. The number of hydrogen-bond acceptors (Lipinski definition) is 3. The van der Waals surface area contributed by atoms with Crippen LogP contribution < -0.4 is 5.73 Å².